The SMILES string of the molecule is CO[C@@H]1CC(OC(=O)c2ccoc2C)C[C@H](OC)C1. The van der Waals surface area contributed by atoms with Gasteiger partial charge in [-0.15, -0.1) is 0 Å². The van der Waals surface area contributed by atoms with E-state index in [0.29, 0.717) is 24.2 Å². The number of furan rings is 1. The first-order valence-corrected chi connectivity index (χ1v) is 6.44. The fraction of sp³-hybridized carbons (Fsp3) is 0.643. The van der Waals surface area contributed by atoms with Gasteiger partial charge in [0, 0.05) is 33.5 Å². The van der Waals surface area contributed by atoms with E-state index in [0.717, 1.165) is 6.42 Å². The number of hydrogen-bond donors (Lipinski definition) is 0. The Balaban J connectivity index is 1.98. The minimum atomic E-state index is -0.345. The molecule has 1 heterocycles. The number of rotatable bonds is 4. The smallest absolute Gasteiger partial charge is 0.341 e. The van der Waals surface area contributed by atoms with Crippen molar-refractivity contribution in [1.29, 1.82) is 0 Å². The minimum Gasteiger partial charge on any atom is -0.469 e. The molecule has 3 atom stereocenters. The van der Waals surface area contributed by atoms with Crippen LogP contribution in [-0.2, 0) is 14.2 Å². The van der Waals surface area contributed by atoms with Crippen LogP contribution in [0.25, 0.3) is 0 Å². The molecule has 0 aliphatic heterocycles. The Morgan fingerprint density at radius 2 is 1.74 bits per heavy atom. The zero-order valence-corrected chi connectivity index (χ0v) is 11.5. The lowest BCUT2D eigenvalue weighted by Gasteiger charge is -2.32. The molecule has 5 heteroatoms. The van der Waals surface area contributed by atoms with E-state index in [-0.39, 0.29) is 24.3 Å². The van der Waals surface area contributed by atoms with E-state index in [1.165, 1.54) is 6.26 Å². The fourth-order valence-electron chi connectivity index (χ4n) is 2.46. The van der Waals surface area contributed by atoms with Crippen molar-refractivity contribution in [2.24, 2.45) is 0 Å². The van der Waals surface area contributed by atoms with Gasteiger partial charge in [-0.25, -0.2) is 4.79 Å². The molecule has 106 valence electrons. The molecule has 5 nitrogen and oxygen atoms in total. The molecule has 1 fully saturated rings. The summed E-state index contributed by atoms with van der Waals surface area (Å²) in [5.74, 6) is 0.232. The van der Waals surface area contributed by atoms with Gasteiger partial charge in [0.2, 0.25) is 0 Å². The second-order valence-electron chi connectivity index (χ2n) is 4.84. The maximum atomic E-state index is 12.0. The molecular formula is C14H20O5. The van der Waals surface area contributed by atoms with Crippen LogP contribution in [0, 0.1) is 6.92 Å². The second kappa shape index (κ2) is 6.21. The summed E-state index contributed by atoms with van der Waals surface area (Å²) in [6.07, 6.45) is 3.71. The Kier molecular flexibility index (Phi) is 4.61. The summed E-state index contributed by atoms with van der Waals surface area (Å²) in [5, 5.41) is 0. The molecule has 1 aromatic heterocycles. The van der Waals surface area contributed by atoms with Crippen molar-refractivity contribution in [3.05, 3.63) is 23.7 Å². The molecule has 0 radical (unpaired) electrons. The molecule has 0 amide bonds. The van der Waals surface area contributed by atoms with E-state index >= 15 is 0 Å². The van der Waals surface area contributed by atoms with Gasteiger partial charge in [0.1, 0.15) is 17.4 Å². The highest BCUT2D eigenvalue weighted by Crippen LogP contribution is 2.26. The summed E-state index contributed by atoms with van der Waals surface area (Å²) >= 11 is 0. The highest BCUT2D eigenvalue weighted by Gasteiger charge is 2.31. The van der Waals surface area contributed by atoms with E-state index in [9.17, 15) is 4.79 Å². The number of carbonyl (C=O) groups excluding carboxylic acids is 1. The molecule has 0 aromatic carbocycles. The van der Waals surface area contributed by atoms with Crippen molar-refractivity contribution in [3.63, 3.8) is 0 Å². The number of ether oxygens (including phenoxy) is 3. The van der Waals surface area contributed by atoms with Crippen molar-refractivity contribution >= 4 is 5.97 Å². The number of esters is 1. The van der Waals surface area contributed by atoms with Crippen molar-refractivity contribution in [2.75, 3.05) is 14.2 Å². The summed E-state index contributed by atoms with van der Waals surface area (Å²) in [7, 11) is 3.34. The lowest BCUT2D eigenvalue weighted by molar-refractivity contribution is -0.0656. The standard InChI is InChI=1S/C14H20O5/c1-9-13(4-5-18-9)14(15)19-12-7-10(16-2)6-11(8-12)17-3/h4-5,10-12H,6-8H2,1-3H3/t10-,11+,12?. The van der Waals surface area contributed by atoms with Gasteiger partial charge >= 0.3 is 5.97 Å². The highest BCUT2D eigenvalue weighted by molar-refractivity contribution is 5.90. The van der Waals surface area contributed by atoms with Crippen LogP contribution in [0.3, 0.4) is 0 Å². The topological polar surface area (TPSA) is 57.9 Å². The Labute approximate surface area is 112 Å². The minimum absolute atomic E-state index is 0.0712. The number of carbonyl (C=O) groups is 1. The third-order valence-electron chi connectivity index (χ3n) is 3.60. The quantitative estimate of drug-likeness (QED) is 0.784. The lowest BCUT2D eigenvalue weighted by atomic mass is 9.92. The van der Waals surface area contributed by atoms with Gasteiger partial charge in [0.25, 0.3) is 0 Å². The Bertz CT molecular complexity index is 413. The van der Waals surface area contributed by atoms with Crippen molar-refractivity contribution in [1.82, 2.24) is 0 Å². The summed E-state index contributed by atoms with van der Waals surface area (Å²) < 4.78 is 21.4. The van der Waals surface area contributed by atoms with E-state index in [1.807, 2.05) is 0 Å². The first-order chi connectivity index (χ1) is 9.13. The fourth-order valence-corrected chi connectivity index (χ4v) is 2.46. The molecule has 0 spiro atoms. The average molecular weight is 268 g/mol. The number of methoxy groups -OCH3 is 2. The monoisotopic (exact) mass is 268 g/mol. The molecule has 1 aliphatic rings. The van der Waals surface area contributed by atoms with E-state index in [4.69, 9.17) is 18.6 Å². The molecule has 0 N–H and O–H groups in total. The zero-order valence-electron chi connectivity index (χ0n) is 11.5. The average Bonchev–Trinajstić information content (AvgIpc) is 2.84. The van der Waals surface area contributed by atoms with Crippen LogP contribution in [0.1, 0.15) is 35.4 Å². The predicted molar refractivity (Wildman–Crippen MR) is 68.1 cm³/mol. The third kappa shape index (κ3) is 3.36. The first kappa shape index (κ1) is 14.1. The highest BCUT2D eigenvalue weighted by atomic mass is 16.6. The Morgan fingerprint density at radius 3 is 2.21 bits per heavy atom. The van der Waals surface area contributed by atoms with Gasteiger partial charge in [-0.05, 0) is 13.0 Å². The van der Waals surface area contributed by atoms with E-state index in [2.05, 4.69) is 0 Å². The van der Waals surface area contributed by atoms with Crippen LogP contribution >= 0.6 is 0 Å². The molecule has 0 saturated heterocycles. The molecule has 1 aromatic rings. The van der Waals surface area contributed by atoms with Crippen molar-refractivity contribution in [2.45, 2.75) is 44.5 Å². The van der Waals surface area contributed by atoms with E-state index in [1.54, 1.807) is 27.2 Å². The van der Waals surface area contributed by atoms with Gasteiger partial charge in [-0.1, -0.05) is 0 Å². The van der Waals surface area contributed by atoms with Gasteiger partial charge in [-0.2, -0.15) is 0 Å². The molecule has 0 bridgehead atoms. The Hall–Kier alpha value is -1.33. The summed E-state index contributed by atoms with van der Waals surface area (Å²) in [4.78, 5) is 12.0. The van der Waals surface area contributed by atoms with Gasteiger partial charge < -0.3 is 18.6 Å². The van der Waals surface area contributed by atoms with Gasteiger partial charge in [-0.3, -0.25) is 0 Å². The lowest BCUT2D eigenvalue weighted by Crippen LogP contribution is -2.37. The van der Waals surface area contributed by atoms with Crippen LogP contribution < -0.4 is 0 Å². The molecular weight excluding hydrogens is 248 g/mol. The van der Waals surface area contributed by atoms with Crippen LogP contribution in [0.15, 0.2) is 16.7 Å². The molecule has 1 saturated carbocycles. The number of hydrogen-bond acceptors (Lipinski definition) is 5. The van der Waals surface area contributed by atoms with Gasteiger partial charge in [0.15, 0.2) is 0 Å². The van der Waals surface area contributed by atoms with Crippen molar-refractivity contribution in [3.8, 4) is 0 Å². The predicted octanol–water partition coefficient (Wildman–Crippen LogP) is 2.33. The third-order valence-corrected chi connectivity index (χ3v) is 3.60. The summed E-state index contributed by atoms with van der Waals surface area (Å²) in [6.45, 7) is 1.74. The van der Waals surface area contributed by atoms with Crippen molar-refractivity contribution < 1.29 is 23.4 Å². The molecule has 2 rings (SSSR count). The normalized spacial score (nSPS) is 27.2. The first-order valence-electron chi connectivity index (χ1n) is 6.44. The van der Waals surface area contributed by atoms with Crippen LogP contribution in [0.2, 0.25) is 0 Å². The van der Waals surface area contributed by atoms with Crippen LogP contribution in [-0.4, -0.2) is 38.5 Å². The summed E-state index contributed by atoms with van der Waals surface area (Å²) in [5.41, 5.74) is 0.480. The molecule has 19 heavy (non-hydrogen) atoms. The van der Waals surface area contributed by atoms with Crippen LogP contribution in [0.5, 0.6) is 0 Å². The molecule has 1 aliphatic carbocycles. The van der Waals surface area contributed by atoms with Gasteiger partial charge in [0.05, 0.1) is 18.5 Å². The number of aryl methyl sites for hydroxylation is 1. The van der Waals surface area contributed by atoms with E-state index < -0.39 is 0 Å². The van der Waals surface area contributed by atoms with Crippen LogP contribution in [0.4, 0.5) is 0 Å². The summed E-state index contributed by atoms with van der Waals surface area (Å²) in [6, 6.07) is 1.63. The Morgan fingerprint density at radius 1 is 1.16 bits per heavy atom. The molecule has 1 unspecified atom stereocenters. The maximum Gasteiger partial charge on any atom is 0.341 e. The largest absolute Gasteiger partial charge is 0.469 e. The maximum absolute atomic E-state index is 12.0. The zero-order chi connectivity index (χ0) is 13.8. The second-order valence-corrected chi connectivity index (χ2v) is 4.84.